The highest BCUT2D eigenvalue weighted by Crippen LogP contribution is 2.34. The summed E-state index contributed by atoms with van der Waals surface area (Å²) in [6.45, 7) is 2.38. The van der Waals surface area contributed by atoms with Crippen molar-refractivity contribution in [1.29, 1.82) is 0 Å². The van der Waals surface area contributed by atoms with E-state index in [0.717, 1.165) is 11.1 Å². The van der Waals surface area contributed by atoms with Crippen LogP contribution in [-0.4, -0.2) is 27.2 Å². The number of carbonyl (C=O) groups is 1. The topological polar surface area (TPSA) is 56.8 Å². The number of methoxy groups -OCH3 is 3. The van der Waals surface area contributed by atoms with Gasteiger partial charge in [0, 0.05) is 18.2 Å². The van der Waals surface area contributed by atoms with E-state index in [9.17, 15) is 4.79 Å². The fourth-order valence-corrected chi connectivity index (χ4v) is 2.38. The zero-order valence-corrected chi connectivity index (χ0v) is 14.5. The lowest BCUT2D eigenvalue weighted by atomic mass is 10.1. The molecule has 1 N–H and O–H groups in total. The van der Waals surface area contributed by atoms with Gasteiger partial charge < -0.3 is 19.5 Å². The molecule has 0 fully saturated rings. The zero-order valence-electron chi connectivity index (χ0n) is 14.5. The smallest absolute Gasteiger partial charge is 0.224 e. The Hall–Kier alpha value is -2.69. The van der Waals surface area contributed by atoms with Gasteiger partial charge in [0.15, 0.2) is 11.5 Å². The van der Waals surface area contributed by atoms with Gasteiger partial charge in [0.1, 0.15) is 5.75 Å². The quantitative estimate of drug-likeness (QED) is 0.848. The summed E-state index contributed by atoms with van der Waals surface area (Å²) in [4.78, 5) is 12.1. The SMILES string of the molecule is COc1cc(OC)c(OC)cc1CNC(=O)Cc1ccc(C)cc1. The van der Waals surface area contributed by atoms with Gasteiger partial charge in [-0.05, 0) is 18.6 Å². The van der Waals surface area contributed by atoms with Gasteiger partial charge in [0.05, 0.1) is 27.8 Å². The Kier molecular flexibility index (Phi) is 6.07. The van der Waals surface area contributed by atoms with Gasteiger partial charge in [-0.3, -0.25) is 4.79 Å². The minimum atomic E-state index is -0.0457. The molecular weight excluding hydrogens is 306 g/mol. The fourth-order valence-electron chi connectivity index (χ4n) is 2.38. The van der Waals surface area contributed by atoms with Crippen molar-refractivity contribution in [1.82, 2.24) is 5.32 Å². The molecule has 0 heterocycles. The molecule has 0 bridgehead atoms. The van der Waals surface area contributed by atoms with E-state index in [2.05, 4.69) is 5.32 Å². The van der Waals surface area contributed by atoms with Gasteiger partial charge in [-0.2, -0.15) is 0 Å². The molecule has 5 nitrogen and oxygen atoms in total. The van der Waals surface area contributed by atoms with E-state index in [4.69, 9.17) is 14.2 Å². The van der Waals surface area contributed by atoms with Crippen LogP contribution in [0, 0.1) is 6.92 Å². The first kappa shape index (κ1) is 17.7. The van der Waals surface area contributed by atoms with Crippen LogP contribution in [0.3, 0.4) is 0 Å². The molecule has 0 aliphatic carbocycles. The summed E-state index contributed by atoms with van der Waals surface area (Å²) >= 11 is 0. The number of ether oxygens (including phenoxy) is 3. The number of hydrogen-bond acceptors (Lipinski definition) is 4. The Balaban J connectivity index is 2.04. The molecule has 2 rings (SSSR count). The number of aryl methyl sites for hydroxylation is 1. The molecule has 0 aromatic heterocycles. The van der Waals surface area contributed by atoms with Gasteiger partial charge in [0.25, 0.3) is 0 Å². The van der Waals surface area contributed by atoms with Crippen LogP contribution in [0.15, 0.2) is 36.4 Å². The molecule has 0 radical (unpaired) electrons. The average Bonchev–Trinajstić information content (AvgIpc) is 2.61. The summed E-state index contributed by atoms with van der Waals surface area (Å²) in [6.07, 6.45) is 0.343. The van der Waals surface area contributed by atoms with Crippen molar-refractivity contribution >= 4 is 5.91 Å². The molecule has 0 spiro atoms. The van der Waals surface area contributed by atoms with Gasteiger partial charge >= 0.3 is 0 Å². The predicted molar refractivity (Wildman–Crippen MR) is 92.8 cm³/mol. The van der Waals surface area contributed by atoms with Gasteiger partial charge in [-0.25, -0.2) is 0 Å². The van der Waals surface area contributed by atoms with Crippen LogP contribution in [0.5, 0.6) is 17.2 Å². The van der Waals surface area contributed by atoms with Crippen LogP contribution in [0.25, 0.3) is 0 Å². The second kappa shape index (κ2) is 8.24. The molecule has 2 aromatic rings. The van der Waals surface area contributed by atoms with Crippen molar-refractivity contribution < 1.29 is 19.0 Å². The molecule has 5 heteroatoms. The molecule has 128 valence electrons. The third-order valence-corrected chi connectivity index (χ3v) is 3.75. The van der Waals surface area contributed by atoms with Crippen LogP contribution < -0.4 is 19.5 Å². The normalized spacial score (nSPS) is 10.2. The van der Waals surface area contributed by atoms with Crippen LogP contribution in [0.1, 0.15) is 16.7 Å². The first-order chi connectivity index (χ1) is 11.6. The molecular formula is C19H23NO4. The van der Waals surface area contributed by atoms with Crippen molar-refractivity contribution in [3.63, 3.8) is 0 Å². The Morgan fingerprint density at radius 3 is 2.08 bits per heavy atom. The molecule has 24 heavy (non-hydrogen) atoms. The maximum atomic E-state index is 12.1. The van der Waals surface area contributed by atoms with E-state index < -0.39 is 0 Å². The highest BCUT2D eigenvalue weighted by molar-refractivity contribution is 5.78. The van der Waals surface area contributed by atoms with E-state index in [1.807, 2.05) is 37.3 Å². The number of benzene rings is 2. The van der Waals surface area contributed by atoms with Gasteiger partial charge in [-0.15, -0.1) is 0 Å². The number of amides is 1. The lowest BCUT2D eigenvalue weighted by Crippen LogP contribution is -2.24. The monoisotopic (exact) mass is 329 g/mol. The minimum Gasteiger partial charge on any atom is -0.496 e. The molecule has 0 unspecified atom stereocenters. The van der Waals surface area contributed by atoms with E-state index >= 15 is 0 Å². The maximum absolute atomic E-state index is 12.1. The molecule has 0 atom stereocenters. The number of hydrogen-bond donors (Lipinski definition) is 1. The second-order valence-electron chi connectivity index (χ2n) is 5.46. The minimum absolute atomic E-state index is 0.0457. The summed E-state index contributed by atoms with van der Waals surface area (Å²) in [7, 11) is 4.73. The van der Waals surface area contributed by atoms with Crippen molar-refractivity contribution in [2.75, 3.05) is 21.3 Å². The Morgan fingerprint density at radius 1 is 0.917 bits per heavy atom. The predicted octanol–water partition coefficient (Wildman–Crippen LogP) is 2.88. The average molecular weight is 329 g/mol. The number of nitrogens with one attached hydrogen (secondary N) is 1. The van der Waals surface area contributed by atoms with E-state index in [0.29, 0.717) is 30.2 Å². The maximum Gasteiger partial charge on any atom is 0.224 e. The molecule has 2 aromatic carbocycles. The standard InChI is InChI=1S/C19H23NO4/c1-13-5-7-14(8-6-13)9-19(21)20-12-15-10-17(23-3)18(24-4)11-16(15)22-2/h5-8,10-11H,9,12H2,1-4H3,(H,20,21). The summed E-state index contributed by atoms with van der Waals surface area (Å²) in [5.74, 6) is 1.78. The molecule has 0 aliphatic heterocycles. The van der Waals surface area contributed by atoms with Crippen LogP contribution >= 0.6 is 0 Å². The summed E-state index contributed by atoms with van der Waals surface area (Å²) in [6, 6.07) is 11.5. The largest absolute Gasteiger partial charge is 0.496 e. The lowest BCUT2D eigenvalue weighted by molar-refractivity contribution is -0.120. The Bertz CT molecular complexity index is 695. The first-order valence-corrected chi connectivity index (χ1v) is 7.68. The number of carbonyl (C=O) groups excluding carboxylic acids is 1. The highest BCUT2D eigenvalue weighted by atomic mass is 16.5. The first-order valence-electron chi connectivity index (χ1n) is 7.68. The second-order valence-corrected chi connectivity index (χ2v) is 5.46. The fraction of sp³-hybridized carbons (Fsp3) is 0.316. The van der Waals surface area contributed by atoms with Crippen molar-refractivity contribution in [3.8, 4) is 17.2 Å². The van der Waals surface area contributed by atoms with Gasteiger partial charge in [0.2, 0.25) is 5.91 Å². The van der Waals surface area contributed by atoms with Crippen LogP contribution in [0.2, 0.25) is 0 Å². The molecule has 0 aliphatic rings. The van der Waals surface area contributed by atoms with Crippen molar-refractivity contribution in [2.45, 2.75) is 19.9 Å². The zero-order chi connectivity index (χ0) is 17.5. The Labute approximate surface area is 142 Å². The van der Waals surface area contributed by atoms with Gasteiger partial charge in [-0.1, -0.05) is 29.8 Å². The molecule has 0 saturated carbocycles. The molecule has 0 saturated heterocycles. The van der Waals surface area contributed by atoms with E-state index in [1.165, 1.54) is 5.56 Å². The van der Waals surface area contributed by atoms with Crippen molar-refractivity contribution in [3.05, 3.63) is 53.1 Å². The third-order valence-electron chi connectivity index (χ3n) is 3.75. The third kappa shape index (κ3) is 4.41. The summed E-state index contributed by atoms with van der Waals surface area (Å²) in [5, 5.41) is 2.91. The number of rotatable bonds is 7. The van der Waals surface area contributed by atoms with E-state index in [-0.39, 0.29) is 5.91 Å². The summed E-state index contributed by atoms with van der Waals surface area (Å²) < 4.78 is 15.9. The molecule has 1 amide bonds. The van der Waals surface area contributed by atoms with Crippen LogP contribution in [-0.2, 0) is 17.8 Å². The van der Waals surface area contributed by atoms with Crippen LogP contribution in [0.4, 0.5) is 0 Å². The highest BCUT2D eigenvalue weighted by Gasteiger charge is 2.13. The van der Waals surface area contributed by atoms with Crippen molar-refractivity contribution in [2.24, 2.45) is 0 Å². The lowest BCUT2D eigenvalue weighted by Gasteiger charge is -2.14. The van der Waals surface area contributed by atoms with E-state index in [1.54, 1.807) is 27.4 Å². The summed E-state index contributed by atoms with van der Waals surface area (Å²) in [5.41, 5.74) is 2.99. The Morgan fingerprint density at radius 2 is 1.50 bits per heavy atom.